The Morgan fingerprint density at radius 2 is 1.88 bits per heavy atom. The zero-order valence-electron chi connectivity index (χ0n) is 13.6. The number of nitrogens with one attached hydrogen (secondary N) is 3. The number of halogens is 1. The van der Waals surface area contributed by atoms with Gasteiger partial charge in [0.05, 0.1) is 17.9 Å². The van der Waals surface area contributed by atoms with E-state index in [1.165, 1.54) is 12.1 Å². The Morgan fingerprint density at radius 3 is 2.60 bits per heavy atom. The summed E-state index contributed by atoms with van der Waals surface area (Å²) in [4.78, 5) is 23.4. The zero-order chi connectivity index (χ0) is 17.8. The average Bonchev–Trinajstić information content (AvgIpc) is 3.05. The molecule has 2 amide bonds. The van der Waals surface area contributed by atoms with Crippen molar-refractivity contribution in [3.63, 3.8) is 0 Å². The lowest BCUT2D eigenvalue weighted by atomic mass is 10.1. The van der Waals surface area contributed by atoms with Gasteiger partial charge in [-0.1, -0.05) is 6.92 Å². The number of H-pyrrole nitrogens is 1. The molecule has 0 fully saturated rings. The highest BCUT2D eigenvalue weighted by Crippen LogP contribution is 2.27. The third-order valence-electron chi connectivity index (χ3n) is 3.80. The second-order valence-electron chi connectivity index (χ2n) is 5.48. The maximum absolute atomic E-state index is 13.1. The number of hydrogen-bond acceptors (Lipinski definition) is 3. The van der Waals surface area contributed by atoms with Crippen molar-refractivity contribution in [2.75, 3.05) is 6.67 Å². The molecule has 0 aliphatic heterocycles. The summed E-state index contributed by atoms with van der Waals surface area (Å²) in [6.07, 6.45) is 0.359. The molecule has 0 atom stereocenters. The summed E-state index contributed by atoms with van der Waals surface area (Å²) in [5.74, 6) is -0.758. The number of carbonyl (C=O) groups is 2. The average molecular weight is 340 g/mol. The number of fused-ring (bicyclic) bond motifs is 1. The number of hydrogen-bond donors (Lipinski definition) is 3. The van der Waals surface area contributed by atoms with Gasteiger partial charge in [-0.25, -0.2) is 4.39 Å². The summed E-state index contributed by atoms with van der Waals surface area (Å²) in [7, 11) is 0. The van der Waals surface area contributed by atoms with Crippen LogP contribution in [-0.2, 0) is 4.79 Å². The van der Waals surface area contributed by atoms with Crippen LogP contribution in [-0.4, -0.2) is 28.7 Å². The van der Waals surface area contributed by atoms with Gasteiger partial charge in [0.1, 0.15) is 5.82 Å². The van der Waals surface area contributed by atoms with Gasteiger partial charge in [0.25, 0.3) is 5.91 Å². The molecule has 0 radical (unpaired) electrons. The minimum Gasteiger partial charge on any atom is -0.339 e. The van der Waals surface area contributed by atoms with Crippen LogP contribution in [0.3, 0.4) is 0 Å². The largest absolute Gasteiger partial charge is 0.339 e. The fourth-order valence-electron chi connectivity index (χ4n) is 2.43. The minimum absolute atomic E-state index is 0.0692. The van der Waals surface area contributed by atoms with Gasteiger partial charge in [-0.2, -0.15) is 5.10 Å². The number of nitrogens with zero attached hydrogens (tertiary/aromatic N) is 1. The van der Waals surface area contributed by atoms with Gasteiger partial charge in [0.15, 0.2) is 0 Å². The molecule has 1 aromatic heterocycles. The number of benzene rings is 2. The molecule has 0 spiro atoms. The molecule has 0 bridgehead atoms. The topological polar surface area (TPSA) is 86.9 Å². The van der Waals surface area contributed by atoms with Crippen LogP contribution < -0.4 is 10.6 Å². The van der Waals surface area contributed by atoms with Crippen LogP contribution in [0.25, 0.3) is 22.2 Å². The summed E-state index contributed by atoms with van der Waals surface area (Å²) < 4.78 is 13.1. The molecule has 7 heteroatoms. The fourth-order valence-corrected chi connectivity index (χ4v) is 2.43. The van der Waals surface area contributed by atoms with E-state index in [-0.39, 0.29) is 24.3 Å². The SMILES string of the molecule is CCC(=O)NCNC(=O)c1ccc2[nH]nc(-c3ccc(F)cc3)c2c1. The molecule has 0 aliphatic rings. The first-order chi connectivity index (χ1) is 12.1. The highest BCUT2D eigenvalue weighted by atomic mass is 19.1. The predicted molar refractivity (Wildman–Crippen MR) is 92.3 cm³/mol. The highest BCUT2D eigenvalue weighted by Gasteiger charge is 2.12. The number of aromatic amines is 1. The maximum Gasteiger partial charge on any atom is 0.252 e. The number of amides is 2. The Kier molecular flexibility index (Phi) is 4.74. The van der Waals surface area contributed by atoms with Crippen molar-refractivity contribution in [2.24, 2.45) is 0 Å². The molecule has 1 heterocycles. The van der Waals surface area contributed by atoms with Crippen molar-refractivity contribution in [2.45, 2.75) is 13.3 Å². The van der Waals surface area contributed by atoms with Gasteiger partial charge in [0, 0.05) is 22.9 Å². The van der Waals surface area contributed by atoms with E-state index in [0.29, 0.717) is 17.7 Å². The molecule has 3 rings (SSSR count). The van der Waals surface area contributed by atoms with Gasteiger partial charge in [-0.05, 0) is 42.5 Å². The zero-order valence-corrected chi connectivity index (χ0v) is 13.6. The van der Waals surface area contributed by atoms with E-state index in [1.807, 2.05) is 0 Å². The molecule has 0 saturated heterocycles. The molecule has 3 aromatic rings. The first kappa shape index (κ1) is 16.6. The number of rotatable bonds is 5. The molecular weight excluding hydrogens is 323 g/mol. The second-order valence-corrected chi connectivity index (χ2v) is 5.48. The standard InChI is InChI=1S/C18H17FN4O2/c1-2-16(24)20-10-21-18(25)12-5-8-15-14(9-12)17(23-22-15)11-3-6-13(19)7-4-11/h3-9H,2,10H2,1H3,(H,20,24)(H,21,25)(H,22,23). The van der Waals surface area contributed by atoms with Crippen LogP contribution >= 0.6 is 0 Å². The van der Waals surface area contributed by atoms with Crippen LogP contribution in [0.15, 0.2) is 42.5 Å². The Bertz CT molecular complexity index is 918. The number of aromatic nitrogens is 2. The first-order valence-corrected chi connectivity index (χ1v) is 7.87. The second kappa shape index (κ2) is 7.12. The van der Waals surface area contributed by atoms with Crippen LogP contribution in [0.5, 0.6) is 0 Å². The molecule has 128 valence electrons. The lowest BCUT2D eigenvalue weighted by Crippen LogP contribution is -2.36. The van der Waals surface area contributed by atoms with Gasteiger partial charge in [-0.15, -0.1) is 0 Å². The number of carbonyl (C=O) groups excluding carboxylic acids is 2. The summed E-state index contributed by atoms with van der Waals surface area (Å²) >= 11 is 0. The highest BCUT2D eigenvalue weighted by molar-refractivity contribution is 6.01. The van der Waals surface area contributed by atoms with Crippen LogP contribution in [0.4, 0.5) is 4.39 Å². The van der Waals surface area contributed by atoms with Crippen molar-refractivity contribution < 1.29 is 14.0 Å². The smallest absolute Gasteiger partial charge is 0.252 e. The van der Waals surface area contributed by atoms with Crippen molar-refractivity contribution >= 4 is 22.7 Å². The van der Waals surface area contributed by atoms with Crippen LogP contribution in [0.2, 0.25) is 0 Å². The van der Waals surface area contributed by atoms with E-state index >= 15 is 0 Å². The van der Waals surface area contributed by atoms with E-state index < -0.39 is 0 Å². The molecule has 0 aliphatic carbocycles. The summed E-state index contributed by atoms with van der Waals surface area (Å²) in [5, 5.41) is 13.1. The monoisotopic (exact) mass is 340 g/mol. The van der Waals surface area contributed by atoms with E-state index in [0.717, 1.165) is 16.5 Å². The third-order valence-corrected chi connectivity index (χ3v) is 3.80. The third kappa shape index (κ3) is 3.65. The molecule has 6 nitrogen and oxygen atoms in total. The van der Waals surface area contributed by atoms with Gasteiger partial charge < -0.3 is 10.6 Å². The van der Waals surface area contributed by atoms with E-state index in [4.69, 9.17) is 0 Å². The molecule has 0 unspecified atom stereocenters. The normalized spacial score (nSPS) is 10.6. The lowest BCUT2D eigenvalue weighted by Gasteiger charge is -2.07. The first-order valence-electron chi connectivity index (χ1n) is 7.87. The van der Waals surface area contributed by atoms with Crippen LogP contribution in [0, 0.1) is 5.82 Å². The Morgan fingerprint density at radius 1 is 1.12 bits per heavy atom. The molecule has 3 N–H and O–H groups in total. The van der Waals surface area contributed by atoms with E-state index in [9.17, 15) is 14.0 Å². The molecule has 0 saturated carbocycles. The van der Waals surface area contributed by atoms with Crippen molar-refractivity contribution in [1.29, 1.82) is 0 Å². The van der Waals surface area contributed by atoms with Crippen LogP contribution in [0.1, 0.15) is 23.7 Å². The predicted octanol–water partition coefficient (Wildman–Crippen LogP) is 2.58. The summed E-state index contributed by atoms with van der Waals surface area (Å²) in [6, 6.07) is 11.1. The Balaban J connectivity index is 1.84. The van der Waals surface area contributed by atoms with E-state index in [1.54, 1.807) is 37.3 Å². The summed E-state index contributed by atoms with van der Waals surface area (Å²) in [5.41, 5.74) is 2.61. The van der Waals surface area contributed by atoms with Crippen molar-refractivity contribution in [3.8, 4) is 11.3 Å². The van der Waals surface area contributed by atoms with Crippen molar-refractivity contribution in [3.05, 3.63) is 53.8 Å². The van der Waals surface area contributed by atoms with Crippen molar-refractivity contribution in [1.82, 2.24) is 20.8 Å². The minimum atomic E-state index is -0.321. The Hall–Kier alpha value is -3.22. The quantitative estimate of drug-likeness (QED) is 0.624. The summed E-state index contributed by atoms with van der Waals surface area (Å²) in [6.45, 7) is 1.81. The van der Waals surface area contributed by atoms with Gasteiger partial charge in [-0.3, -0.25) is 14.7 Å². The lowest BCUT2D eigenvalue weighted by molar-refractivity contribution is -0.120. The molecule has 25 heavy (non-hydrogen) atoms. The molecule has 2 aromatic carbocycles. The van der Waals surface area contributed by atoms with Gasteiger partial charge in [0.2, 0.25) is 5.91 Å². The Labute approximate surface area is 143 Å². The maximum atomic E-state index is 13.1. The molecular formula is C18H17FN4O2. The van der Waals surface area contributed by atoms with Gasteiger partial charge >= 0.3 is 0 Å². The van der Waals surface area contributed by atoms with E-state index in [2.05, 4.69) is 20.8 Å². The fraction of sp³-hybridized carbons (Fsp3) is 0.167.